The van der Waals surface area contributed by atoms with Gasteiger partial charge in [-0.2, -0.15) is 0 Å². The van der Waals surface area contributed by atoms with Gasteiger partial charge in [-0.15, -0.1) is 0 Å². The third kappa shape index (κ3) is 1.96. The number of aromatic nitrogens is 2. The Kier molecular flexibility index (Phi) is 2.72. The number of fused-ring (bicyclic) bond motifs is 1. The Labute approximate surface area is 109 Å². The van der Waals surface area contributed by atoms with E-state index in [4.69, 9.17) is 5.73 Å². The Balaban J connectivity index is 2.07. The van der Waals surface area contributed by atoms with Crippen molar-refractivity contribution in [3.8, 4) is 11.3 Å². The number of anilines is 1. The summed E-state index contributed by atoms with van der Waals surface area (Å²) in [5.74, 6) is 0.0398. The highest BCUT2D eigenvalue weighted by Crippen LogP contribution is 2.28. The summed E-state index contributed by atoms with van der Waals surface area (Å²) >= 11 is 0. The van der Waals surface area contributed by atoms with Crippen LogP contribution >= 0.6 is 0 Å². The molecule has 19 heavy (non-hydrogen) atoms. The SMILES string of the molecule is NCc1c(-c2ccc3c(c2)CCC(=O)N3)[nH][nH]c1=O. The molecule has 1 aromatic heterocycles. The van der Waals surface area contributed by atoms with Gasteiger partial charge in [0, 0.05) is 24.2 Å². The molecule has 1 aliphatic heterocycles. The van der Waals surface area contributed by atoms with Gasteiger partial charge in [0.15, 0.2) is 0 Å². The van der Waals surface area contributed by atoms with Crippen molar-refractivity contribution in [3.05, 3.63) is 39.7 Å². The molecule has 1 aliphatic rings. The molecule has 6 nitrogen and oxygen atoms in total. The van der Waals surface area contributed by atoms with Crippen LogP contribution in [0.15, 0.2) is 23.0 Å². The first-order chi connectivity index (χ1) is 9.19. The second kappa shape index (κ2) is 4.40. The van der Waals surface area contributed by atoms with Crippen LogP contribution in [0.1, 0.15) is 17.5 Å². The van der Waals surface area contributed by atoms with Gasteiger partial charge in [0.1, 0.15) is 0 Å². The molecule has 1 aromatic carbocycles. The maximum Gasteiger partial charge on any atom is 0.269 e. The molecule has 2 aromatic rings. The summed E-state index contributed by atoms with van der Waals surface area (Å²) in [6, 6.07) is 5.70. The number of nitrogens with two attached hydrogens (primary N) is 1. The summed E-state index contributed by atoms with van der Waals surface area (Å²) in [7, 11) is 0. The molecular weight excluding hydrogens is 244 g/mol. The van der Waals surface area contributed by atoms with E-state index in [9.17, 15) is 9.59 Å². The Morgan fingerprint density at radius 2 is 2.00 bits per heavy atom. The van der Waals surface area contributed by atoms with Crippen LogP contribution in [-0.4, -0.2) is 16.1 Å². The van der Waals surface area contributed by atoms with Gasteiger partial charge in [0.25, 0.3) is 5.56 Å². The molecule has 2 heterocycles. The molecule has 0 saturated heterocycles. The van der Waals surface area contributed by atoms with E-state index in [0.29, 0.717) is 24.1 Å². The van der Waals surface area contributed by atoms with Crippen molar-refractivity contribution in [3.63, 3.8) is 0 Å². The van der Waals surface area contributed by atoms with Crippen LogP contribution in [0.3, 0.4) is 0 Å². The van der Waals surface area contributed by atoms with E-state index >= 15 is 0 Å². The second-order valence-corrected chi connectivity index (χ2v) is 4.56. The number of hydrogen-bond donors (Lipinski definition) is 4. The third-order valence-electron chi connectivity index (χ3n) is 3.37. The minimum absolute atomic E-state index is 0.0398. The first kappa shape index (κ1) is 11.7. The molecule has 1 amide bonds. The van der Waals surface area contributed by atoms with E-state index in [2.05, 4.69) is 15.5 Å². The molecule has 0 unspecified atom stereocenters. The molecule has 0 fully saturated rings. The van der Waals surface area contributed by atoms with Crippen molar-refractivity contribution >= 4 is 11.6 Å². The predicted octanol–water partition coefficient (Wildman–Crippen LogP) is 0.713. The van der Waals surface area contributed by atoms with Crippen molar-refractivity contribution in [2.45, 2.75) is 19.4 Å². The fraction of sp³-hybridized carbons (Fsp3) is 0.231. The molecule has 6 heteroatoms. The average Bonchev–Trinajstić information content (AvgIpc) is 2.79. The molecule has 0 radical (unpaired) electrons. The van der Waals surface area contributed by atoms with Crippen molar-refractivity contribution in [2.24, 2.45) is 5.73 Å². The van der Waals surface area contributed by atoms with E-state index < -0.39 is 0 Å². The van der Waals surface area contributed by atoms with Gasteiger partial charge in [0.2, 0.25) is 5.91 Å². The summed E-state index contributed by atoms with van der Waals surface area (Å²) in [5, 5.41) is 8.22. The summed E-state index contributed by atoms with van der Waals surface area (Å²) in [6.07, 6.45) is 1.20. The first-order valence-corrected chi connectivity index (χ1v) is 6.12. The molecule has 0 atom stereocenters. The second-order valence-electron chi connectivity index (χ2n) is 4.56. The predicted molar refractivity (Wildman–Crippen MR) is 71.7 cm³/mol. The zero-order chi connectivity index (χ0) is 13.4. The van der Waals surface area contributed by atoms with Crippen LogP contribution in [0, 0.1) is 0 Å². The summed E-state index contributed by atoms with van der Waals surface area (Å²) in [4.78, 5) is 22.9. The van der Waals surface area contributed by atoms with Gasteiger partial charge >= 0.3 is 0 Å². The molecule has 3 rings (SSSR count). The number of rotatable bonds is 2. The van der Waals surface area contributed by atoms with Crippen LogP contribution in [0.4, 0.5) is 5.69 Å². The van der Waals surface area contributed by atoms with Gasteiger partial charge in [-0.05, 0) is 24.1 Å². The maximum absolute atomic E-state index is 11.6. The number of amides is 1. The van der Waals surface area contributed by atoms with Gasteiger partial charge in [0.05, 0.1) is 11.3 Å². The van der Waals surface area contributed by atoms with E-state index in [1.165, 1.54) is 0 Å². The highest BCUT2D eigenvalue weighted by molar-refractivity contribution is 5.94. The Morgan fingerprint density at radius 3 is 2.79 bits per heavy atom. The minimum atomic E-state index is -0.191. The molecule has 0 aliphatic carbocycles. The van der Waals surface area contributed by atoms with Crippen LogP contribution in [-0.2, 0) is 17.8 Å². The molecule has 0 saturated carbocycles. The van der Waals surface area contributed by atoms with Gasteiger partial charge in [-0.25, -0.2) is 0 Å². The fourth-order valence-electron chi connectivity index (χ4n) is 2.36. The number of hydrogen-bond acceptors (Lipinski definition) is 3. The highest BCUT2D eigenvalue weighted by atomic mass is 16.1. The lowest BCUT2D eigenvalue weighted by atomic mass is 9.98. The van der Waals surface area contributed by atoms with Crippen LogP contribution in [0.25, 0.3) is 11.3 Å². The average molecular weight is 258 g/mol. The smallest absolute Gasteiger partial charge is 0.269 e. The molecular formula is C13H14N4O2. The van der Waals surface area contributed by atoms with E-state index in [-0.39, 0.29) is 18.0 Å². The maximum atomic E-state index is 11.6. The summed E-state index contributed by atoms with van der Waals surface area (Å²) in [5.41, 5.74) is 9.47. The Morgan fingerprint density at radius 1 is 1.16 bits per heavy atom. The van der Waals surface area contributed by atoms with Gasteiger partial charge in [-0.1, -0.05) is 6.07 Å². The van der Waals surface area contributed by atoms with Crippen LogP contribution in [0.2, 0.25) is 0 Å². The number of aromatic amines is 2. The lowest BCUT2D eigenvalue weighted by Crippen LogP contribution is -2.18. The number of carbonyl (C=O) groups excluding carboxylic acids is 1. The topological polar surface area (TPSA) is 104 Å². The highest BCUT2D eigenvalue weighted by Gasteiger charge is 2.17. The van der Waals surface area contributed by atoms with E-state index in [1.54, 1.807) is 0 Å². The van der Waals surface area contributed by atoms with Crippen molar-refractivity contribution < 1.29 is 4.79 Å². The molecule has 5 N–H and O–H groups in total. The summed E-state index contributed by atoms with van der Waals surface area (Å²) < 4.78 is 0. The standard InChI is InChI=1S/C13H14N4O2/c14-6-9-12(16-17-13(9)19)8-1-3-10-7(5-8)2-4-11(18)15-10/h1,3,5H,2,4,6,14H2,(H,15,18)(H2,16,17,19). The minimum Gasteiger partial charge on any atom is -0.326 e. The van der Waals surface area contributed by atoms with Crippen LogP contribution in [0.5, 0.6) is 0 Å². The van der Waals surface area contributed by atoms with Crippen molar-refractivity contribution in [1.82, 2.24) is 10.2 Å². The number of benzene rings is 1. The number of H-pyrrole nitrogens is 2. The number of carbonyl (C=O) groups is 1. The lowest BCUT2D eigenvalue weighted by molar-refractivity contribution is -0.116. The lowest BCUT2D eigenvalue weighted by Gasteiger charge is -2.17. The summed E-state index contributed by atoms with van der Waals surface area (Å²) in [6.45, 7) is 0.183. The Hall–Kier alpha value is -2.34. The monoisotopic (exact) mass is 258 g/mol. The van der Waals surface area contributed by atoms with Crippen LogP contribution < -0.4 is 16.6 Å². The van der Waals surface area contributed by atoms with E-state index in [1.807, 2.05) is 18.2 Å². The largest absolute Gasteiger partial charge is 0.326 e. The van der Waals surface area contributed by atoms with Crippen molar-refractivity contribution in [1.29, 1.82) is 0 Å². The normalized spacial score (nSPS) is 14.1. The quantitative estimate of drug-likeness (QED) is 0.637. The zero-order valence-electron chi connectivity index (χ0n) is 10.2. The number of aryl methyl sites for hydroxylation is 1. The third-order valence-corrected chi connectivity index (χ3v) is 3.37. The van der Waals surface area contributed by atoms with Crippen molar-refractivity contribution in [2.75, 3.05) is 5.32 Å². The molecule has 98 valence electrons. The zero-order valence-corrected chi connectivity index (χ0v) is 10.2. The Bertz CT molecular complexity index is 699. The van der Waals surface area contributed by atoms with Gasteiger partial charge in [-0.3, -0.25) is 19.8 Å². The van der Waals surface area contributed by atoms with Gasteiger partial charge < -0.3 is 11.1 Å². The first-order valence-electron chi connectivity index (χ1n) is 6.12. The van der Waals surface area contributed by atoms with E-state index in [0.717, 1.165) is 16.8 Å². The molecule has 0 bridgehead atoms. The molecule has 0 spiro atoms. The fourth-order valence-corrected chi connectivity index (χ4v) is 2.36. The number of nitrogens with one attached hydrogen (secondary N) is 3.